The van der Waals surface area contributed by atoms with Gasteiger partial charge in [-0.15, -0.1) is 0 Å². The number of aliphatic hydroxyl groups excluding tert-OH is 2. The van der Waals surface area contributed by atoms with Crippen LogP contribution >= 0.6 is 35.2 Å². The Bertz CT molecular complexity index is 1910. The molecule has 2 amide bonds. The Morgan fingerprint density at radius 2 is 1.68 bits per heavy atom. The number of rotatable bonds is 21. The fourth-order valence-corrected chi connectivity index (χ4v) is 7.69. The van der Waals surface area contributed by atoms with Crippen molar-refractivity contribution < 1.29 is 90.4 Å². The number of amides is 2. The SMILES string of the molecule is C=CC(=O)O.C=CC(=O)SCCNC(=O)CCNC(=O)[C@H](O)C(C)(C)COP(=O)(O)OP(=O)(O)OC[C@H]1O[C@@H](n2cnc3c(N)ncnc32)[C@H](O)[C@@H]1OP(=O)(O)O. The number of anilines is 1. The predicted molar refractivity (Wildman–Crippen MR) is 195 cm³/mol. The normalized spacial score (nSPS) is 20.9. The number of carbonyl (C=O) groups excluding carboxylic acids is 3. The molecule has 0 bridgehead atoms. The van der Waals surface area contributed by atoms with E-state index in [0.717, 1.165) is 41.1 Å². The van der Waals surface area contributed by atoms with Gasteiger partial charge in [0.2, 0.25) is 16.9 Å². The number of aliphatic carboxylic acids is 1. The van der Waals surface area contributed by atoms with Crippen molar-refractivity contribution in [1.29, 1.82) is 0 Å². The lowest BCUT2D eigenvalue weighted by molar-refractivity contribution is -0.137. The number of carboxylic acid groups (broad SMARTS) is 1. The Morgan fingerprint density at radius 1 is 1.05 bits per heavy atom. The lowest BCUT2D eigenvalue weighted by Gasteiger charge is -2.30. The topological polar surface area (TPSA) is 401 Å². The van der Waals surface area contributed by atoms with Crippen molar-refractivity contribution in [1.82, 2.24) is 30.2 Å². The summed E-state index contributed by atoms with van der Waals surface area (Å²) in [6.45, 7) is 6.73. The number of carboxylic acids is 1. The van der Waals surface area contributed by atoms with Crippen LogP contribution in [0.1, 0.15) is 26.5 Å². The van der Waals surface area contributed by atoms with E-state index in [-0.39, 0.29) is 41.6 Å². The monoisotopic (exact) mass is 893 g/mol. The number of phosphoric acid groups is 3. The maximum Gasteiger partial charge on any atom is 0.481 e. The van der Waals surface area contributed by atoms with Gasteiger partial charge in [-0.25, -0.2) is 33.4 Å². The van der Waals surface area contributed by atoms with E-state index in [2.05, 4.69) is 47.6 Å². The molecule has 1 saturated heterocycles. The molecular formula is C27H42N7O19P3S. The summed E-state index contributed by atoms with van der Waals surface area (Å²) in [5.41, 5.74) is 4.25. The van der Waals surface area contributed by atoms with Crippen molar-refractivity contribution in [3.63, 3.8) is 0 Å². The minimum atomic E-state index is -5.56. The number of carbonyl (C=O) groups is 4. The Morgan fingerprint density at radius 3 is 2.28 bits per heavy atom. The molecule has 11 N–H and O–H groups in total. The zero-order valence-electron chi connectivity index (χ0n) is 30.0. The molecule has 0 spiro atoms. The minimum absolute atomic E-state index is 0.0290. The molecule has 3 rings (SSSR count). The van der Waals surface area contributed by atoms with Crippen LogP contribution in [0.15, 0.2) is 38.0 Å². The Labute approximate surface area is 327 Å². The molecule has 1 aliphatic heterocycles. The number of thioether (sulfide) groups is 1. The molecule has 3 heterocycles. The van der Waals surface area contributed by atoms with Crippen molar-refractivity contribution in [2.45, 2.75) is 50.9 Å². The van der Waals surface area contributed by atoms with Gasteiger partial charge < -0.3 is 56.0 Å². The molecule has 1 fully saturated rings. The van der Waals surface area contributed by atoms with Crippen LogP contribution in [-0.2, 0) is 55.5 Å². The number of nitrogens with one attached hydrogen (secondary N) is 2. The molecule has 2 aromatic rings. The van der Waals surface area contributed by atoms with Gasteiger partial charge in [0, 0.05) is 36.8 Å². The van der Waals surface area contributed by atoms with E-state index >= 15 is 0 Å². The number of phosphoric ester groups is 3. The largest absolute Gasteiger partial charge is 0.481 e. The van der Waals surface area contributed by atoms with Crippen LogP contribution in [-0.4, -0.2) is 134 Å². The third kappa shape index (κ3) is 16.4. The van der Waals surface area contributed by atoms with E-state index in [0.29, 0.717) is 5.75 Å². The summed E-state index contributed by atoms with van der Waals surface area (Å²) in [7, 11) is -16.4. The second kappa shape index (κ2) is 21.5. The van der Waals surface area contributed by atoms with E-state index in [1.54, 1.807) is 0 Å². The van der Waals surface area contributed by atoms with Gasteiger partial charge in [-0.2, -0.15) is 4.31 Å². The summed E-state index contributed by atoms with van der Waals surface area (Å²) in [5.74, 6) is -2.16. The molecule has 2 unspecified atom stereocenters. The first-order valence-corrected chi connectivity index (χ1v) is 21.4. The molecule has 26 nitrogen and oxygen atoms in total. The van der Waals surface area contributed by atoms with Gasteiger partial charge in [0.1, 0.15) is 36.3 Å². The summed E-state index contributed by atoms with van der Waals surface area (Å²) in [4.78, 5) is 95.5. The standard InChI is InChI=1S/C24H38N7O17P3S.C3H4O2/c1-4-15(33)52-8-7-26-14(32)5-6-27-22(36)19(35)24(2,3)10-45-51(42,43)48-50(40,41)44-9-13-18(47-49(37,38)39)17(34)23(46-13)31-12-30-16-20(25)28-11-29-21(16)31;1-2-3(4)5/h4,11-13,17-19,23,34-35H,1,5-10H2,2-3H3,(H,26,32)(H,27,36)(H,40,41)(H,42,43)(H2,25,28,29)(H2,37,38,39);2H,1H2,(H,4,5)/t13-,17-,18-,19+,23-;/m1./s1. The number of hydrogen-bond acceptors (Lipinski definition) is 19. The van der Waals surface area contributed by atoms with Crippen LogP contribution in [0.3, 0.4) is 0 Å². The quantitative estimate of drug-likeness (QED) is 0.0413. The van der Waals surface area contributed by atoms with Gasteiger partial charge in [-0.1, -0.05) is 38.8 Å². The fourth-order valence-electron chi connectivity index (χ4n) is 4.34. The number of nitrogen functional groups attached to an aromatic ring is 1. The summed E-state index contributed by atoms with van der Waals surface area (Å²) >= 11 is 0.952. The molecule has 320 valence electrons. The van der Waals surface area contributed by atoms with Gasteiger partial charge in [0.15, 0.2) is 17.7 Å². The summed E-state index contributed by atoms with van der Waals surface area (Å²) in [5, 5.41) is 33.5. The number of imidazole rings is 1. The zero-order chi connectivity index (χ0) is 43.4. The lowest BCUT2D eigenvalue weighted by atomic mass is 9.87. The molecule has 2 aromatic heterocycles. The number of nitrogens with two attached hydrogens (primary N) is 1. The van der Waals surface area contributed by atoms with E-state index in [1.807, 2.05) is 0 Å². The van der Waals surface area contributed by atoms with Crippen LogP contribution < -0.4 is 16.4 Å². The van der Waals surface area contributed by atoms with Gasteiger partial charge in [-0.05, 0) is 6.08 Å². The minimum Gasteiger partial charge on any atom is -0.478 e. The first-order chi connectivity index (χ1) is 26.3. The maximum absolute atomic E-state index is 12.6. The highest BCUT2D eigenvalue weighted by molar-refractivity contribution is 8.14. The third-order valence-electron chi connectivity index (χ3n) is 7.09. The summed E-state index contributed by atoms with van der Waals surface area (Å²) in [6, 6.07) is 0. The second-order valence-corrected chi connectivity index (χ2v) is 17.3. The molecule has 0 saturated carbocycles. The van der Waals surface area contributed by atoms with Crippen LogP contribution in [0.5, 0.6) is 0 Å². The van der Waals surface area contributed by atoms with E-state index in [9.17, 15) is 62.7 Å². The second-order valence-electron chi connectivity index (χ2n) is 12.0. The van der Waals surface area contributed by atoms with Crippen molar-refractivity contribution in [2.75, 3.05) is 37.8 Å². The molecule has 0 aliphatic carbocycles. The highest BCUT2D eigenvalue weighted by Crippen LogP contribution is 2.61. The number of ether oxygens (including phenoxy) is 1. The highest BCUT2D eigenvalue weighted by atomic mass is 32.2. The van der Waals surface area contributed by atoms with Gasteiger partial charge in [-0.3, -0.25) is 32.5 Å². The van der Waals surface area contributed by atoms with E-state index < -0.39 is 90.5 Å². The fraction of sp³-hybridized carbons (Fsp3) is 0.519. The molecule has 57 heavy (non-hydrogen) atoms. The van der Waals surface area contributed by atoms with Crippen LogP contribution in [0.25, 0.3) is 11.2 Å². The van der Waals surface area contributed by atoms with Gasteiger partial charge in [0.05, 0.1) is 19.5 Å². The number of hydrogen-bond donors (Lipinski definition) is 10. The Kier molecular flexibility index (Phi) is 18.7. The lowest BCUT2D eigenvalue weighted by Crippen LogP contribution is -2.46. The molecule has 0 radical (unpaired) electrons. The van der Waals surface area contributed by atoms with Crippen molar-refractivity contribution in [2.24, 2.45) is 5.41 Å². The smallest absolute Gasteiger partial charge is 0.478 e. The van der Waals surface area contributed by atoms with Crippen LogP contribution in [0.4, 0.5) is 5.82 Å². The van der Waals surface area contributed by atoms with Crippen molar-refractivity contribution >= 4 is 75.1 Å². The van der Waals surface area contributed by atoms with E-state index in [1.165, 1.54) is 13.8 Å². The average molecular weight is 894 g/mol. The summed E-state index contributed by atoms with van der Waals surface area (Å²) in [6.07, 6.45) is -4.96. The molecule has 1 aliphatic rings. The number of nitrogens with zero attached hydrogens (tertiary/aromatic N) is 4. The van der Waals surface area contributed by atoms with Crippen LogP contribution in [0.2, 0.25) is 0 Å². The molecule has 0 aromatic carbocycles. The number of aliphatic hydroxyl groups is 2. The van der Waals surface area contributed by atoms with Crippen molar-refractivity contribution in [3.8, 4) is 0 Å². The van der Waals surface area contributed by atoms with Crippen molar-refractivity contribution in [3.05, 3.63) is 38.0 Å². The average Bonchev–Trinajstić information content (AvgIpc) is 3.68. The Balaban J connectivity index is 0.00000210. The first-order valence-electron chi connectivity index (χ1n) is 15.9. The summed E-state index contributed by atoms with van der Waals surface area (Å²) < 4.78 is 61.9. The molecule has 7 atom stereocenters. The predicted octanol–water partition coefficient (Wildman–Crippen LogP) is -0.892. The zero-order valence-corrected chi connectivity index (χ0v) is 33.5. The maximum atomic E-state index is 12.6. The molecule has 30 heteroatoms. The highest BCUT2D eigenvalue weighted by Gasteiger charge is 2.50. The van der Waals surface area contributed by atoms with Gasteiger partial charge in [0.25, 0.3) is 0 Å². The number of aromatic nitrogens is 4. The molecular weight excluding hydrogens is 851 g/mol. The first kappa shape index (κ1) is 49.7. The van der Waals surface area contributed by atoms with E-state index in [4.69, 9.17) is 24.6 Å². The Hall–Kier alpha value is -3.49. The number of fused-ring (bicyclic) bond motifs is 1. The van der Waals surface area contributed by atoms with Crippen LogP contribution in [0, 0.1) is 5.41 Å². The third-order valence-corrected chi connectivity index (χ3v) is 11.0. The van der Waals surface area contributed by atoms with Gasteiger partial charge >= 0.3 is 29.4 Å².